The Morgan fingerprint density at radius 2 is 1.67 bits per heavy atom. The van der Waals surface area contributed by atoms with E-state index in [1.807, 2.05) is 18.4 Å². The van der Waals surface area contributed by atoms with Crippen LogP contribution in [0.4, 0.5) is 0 Å². The highest BCUT2D eigenvalue weighted by Crippen LogP contribution is 2.11. The molecular weight excluding hydrogens is 173 g/mol. The maximum absolute atomic E-state index is 8.74. The first-order valence-corrected chi connectivity index (χ1v) is 4.46. The Bertz CT molecular complexity index is 227. The van der Waals surface area contributed by atoms with Crippen molar-refractivity contribution in [3.8, 4) is 0 Å². The van der Waals surface area contributed by atoms with Crippen LogP contribution in [0.25, 0.3) is 0 Å². The van der Waals surface area contributed by atoms with Crippen LogP contribution in [0, 0.1) is 0 Å². The average molecular weight is 182 g/mol. The molecule has 1 aromatic rings. The summed E-state index contributed by atoms with van der Waals surface area (Å²) in [6, 6.07) is 7.13. The van der Waals surface area contributed by atoms with E-state index < -0.39 is 7.12 Å². The first-order chi connectivity index (χ1) is 5.24. The van der Waals surface area contributed by atoms with Gasteiger partial charge in [0.1, 0.15) is 0 Å². The third kappa shape index (κ3) is 2.87. The van der Waals surface area contributed by atoms with Crippen LogP contribution in [0.15, 0.2) is 29.2 Å². The number of benzene rings is 1. The lowest BCUT2D eigenvalue weighted by Gasteiger charge is -1.99. The Morgan fingerprint density at radius 3 is 2.00 bits per heavy atom. The highest BCUT2D eigenvalue weighted by molar-refractivity contribution is 7.98. The van der Waals surface area contributed by atoms with Crippen molar-refractivity contribution in [2.24, 2.45) is 0 Å². The van der Waals surface area contributed by atoms with Gasteiger partial charge in [0.05, 0.1) is 0 Å². The zero-order valence-corrected chi connectivity index (χ0v) is 7.45. The molecule has 0 aliphatic rings. The van der Waals surface area contributed by atoms with Crippen molar-refractivity contribution in [3.05, 3.63) is 24.3 Å². The van der Waals surface area contributed by atoms with Crippen molar-refractivity contribution in [2.45, 2.75) is 4.90 Å². The Hall–Kier alpha value is -0.485. The monoisotopic (exact) mass is 182 g/mol. The molecular formula is C7H9BNO2S. The lowest BCUT2D eigenvalue weighted by Crippen LogP contribution is -2.29. The van der Waals surface area contributed by atoms with E-state index in [9.17, 15) is 0 Å². The molecule has 2 N–H and O–H groups in total. The van der Waals surface area contributed by atoms with Gasteiger partial charge in [-0.1, -0.05) is 12.1 Å². The lowest BCUT2D eigenvalue weighted by molar-refractivity contribution is 0.426. The molecule has 0 aliphatic heterocycles. The van der Waals surface area contributed by atoms with Gasteiger partial charge in [-0.25, -0.2) is 0 Å². The lowest BCUT2D eigenvalue weighted by atomic mass is 9.81. The summed E-state index contributed by atoms with van der Waals surface area (Å²) in [5.74, 6) is 0. The molecule has 0 aliphatic carbocycles. The van der Waals surface area contributed by atoms with Crippen LogP contribution >= 0.6 is 11.8 Å². The average Bonchev–Trinajstić information content (AvgIpc) is 2.05. The minimum Gasteiger partial charge on any atom is -0.423 e. The molecule has 0 heterocycles. The Morgan fingerprint density at radius 1 is 1.17 bits per heavy atom. The molecule has 0 saturated carbocycles. The quantitative estimate of drug-likeness (QED) is 0.483. The Balaban J connectivity index is 0.00000121. The number of hydrogen-bond donors (Lipinski definition) is 2. The second-order valence-corrected chi connectivity index (χ2v) is 3.03. The van der Waals surface area contributed by atoms with Crippen LogP contribution in [0.2, 0.25) is 0 Å². The van der Waals surface area contributed by atoms with Gasteiger partial charge in [-0.05, 0) is 23.9 Å². The molecule has 0 spiro atoms. The molecule has 12 heavy (non-hydrogen) atoms. The minimum absolute atomic E-state index is 0. The molecule has 0 saturated heterocycles. The summed E-state index contributed by atoms with van der Waals surface area (Å²) in [7, 11) is -1.36. The van der Waals surface area contributed by atoms with Gasteiger partial charge >= 0.3 is 7.12 Å². The molecule has 0 bridgehead atoms. The van der Waals surface area contributed by atoms with Gasteiger partial charge in [-0.15, -0.1) is 11.8 Å². The fraction of sp³-hybridized carbons (Fsp3) is 0.143. The van der Waals surface area contributed by atoms with E-state index in [4.69, 9.17) is 10.0 Å². The van der Waals surface area contributed by atoms with Crippen LogP contribution in [-0.4, -0.2) is 23.4 Å². The number of hydrogen-bond acceptors (Lipinski definition) is 3. The third-order valence-corrected chi connectivity index (χ3v) is 2.16. The van der Waals surface area contributed by atoms with Crippen molar-refractivity contribution < 1.29 is 10.0 Å². The third-order valence-electron chi connectivity index (χ3n) is 1.41. The zero-order chi connectivity index (χ0) is 8.27. The molecule has 3 nitrogen and oxygen atoms in total. The molecule has 3 radical (unpaired) electrons. The molecule has 1 rings (SSSR count). The van der Waals surface area contributed by atoms with Gasteiger partial charge < -0.3 is 10.0 Å². The highest BCUT2D eigenvalue weighted by Gasteiger charge is 2.08. The number of nitrogens with zero attached hydrogens (tertiary/aromatic N) is 1. The van der Waals surface area contributed by atoms with Crippen molar-refractivity contribution in [2.75, 3.05) is 6.26 Å². The van der Waals surface area contributed by atoms with E-state index in [1.165, 1.54) is 0 Å². The molecule has 0 amide bonds. The molecule has 1 aromatic carbocycles. The molecule has 5 heteroatoms. The van der Waals surface area contributed by atoms with Crippen molar-refractivity contribution in [1.29, 1.82) is 0 Å². The second kappa shape index (κ2) is 5.21. The van der Waals surface area contributed by atoms with Crippen molar-refractivity contribution in [1.82, 2.24) is 6.15 Å². The SMILES string of the molecule is CSc1ccc(B(O)O)cc1.[N]. The topological polar surface area (TPSA) is 71.0 Å². The normalized spacial score (nSPS) is 8.92. The maximum atomic E-state index is 8.74. The van der Waals surface area contributed by atoms with Crippen LogP contribution in [0.3, 0.4) is 0 Å². The fourth-order valence-corrected chi connectivity index (χ4v) is 1.18. The minimum atomic E-state index is -1.36. The summed E-state index contributed by atoms with van der Waals surface area (Å²) in [5.41, 5.74) is 0.530. The predicted molar refractivity (Wildman–Crippen MR) is 50.2 cm³/mol. The van der Waals surface area contributed by atoms with Gasteiger partial charge in [-0.3, -0.25) is 0 Å². The van der Waals surface area contributed by atoms with Gasteiger partial charge in [0, 0.05) is 11.0 Å². The fourth-order valence-electron chi connectivity index (χ4n) is 0.776. The summed E-state index contributed by atoms with van der Waals surface area (Å²) in [6.45, 7) is 0. The molecule has 0 unspecified atom stereocenters. The van der Waals surface area contributed by atoms with Crippen LogP contribution in [-0.2, 0) is 0 Å². The first-order valence-electron chi connectivity index (χ1n) is 3.24. The predicted octanol–water partition coefficient (Wildman–Crippen LogP) is -0.392. The van der Waals surface area contributed by atoms with E-state index in [2.05, 4.69) is 0 Å². The highest BCUT2D eigenvalue weighted by atomic mass is 32.2. The van der Waals surface area contributed by atoms with E-state index in [-0.39, 0.29) is 6.15 Å². The number of rotatable bonds is 2. The summed E-state index contributed by atoms with van der Waals surface area (Å²) >= 11 is 1.63. The van der Waals surface area contributed by atoms with Crippen molar-refractivity contribution >= 4 is 24.3 Å². The maximum Gasteiger partial charge on any atom is 0.488 e. The van der Waals surface area contributed by atoms with Crippen molar-refractivity contribution in [3.63, 3.8) is 0 Å². The molecule has 0 atom stereocenters. The standard InChI is InChI=1S/C7H9BO2S.N/c1-11-7-4-2-6(3-5-7)8(9)10;/h2-5,9-10H,1H3;. The summed E-state index contributed by atoms with van der Waals surface area (Å²) < 4.78 is 0. The Kier molecular flexibility index (Phi) is 5.00. The smallest absolute Gasteiger partial charge is 0.423 e. The van der Waals surface area contributed by atoms with E-state index in [1.54, 1.807) is 23.9 Å². The van der Waals surface area contributed by atoms with Gasteiger partial charge in [0.25, 0.3) is 0 Å². The van der Waals surface area contributed by atoms with E-state index >= 15 is 0 Å². The van der Waals surface area contributed by atoms with Crippen LogP contribution in [0.5, 0.6) is 0 Å². The van der Waals surface area contributed by atoms with Crippen LogP contribution < -0.4 is 11.6 Å². The Labute approximate surface area is 76.5 Å². The summed E-state index contributed by atoms with van der Waals surface area (Å²) in [5, 5.41) is 17.5. The summed E-state index contributed by atoms with van der Waals surface area (Å²) in [6.07, 6.45) is 1.98. The second-order valence-electron chi connectivity index (χ2n) is 2.15. The summed E-state index contributed by atoms with van der Waals surface area (Å²) in [4.78, 5) is 1.12. The zero-order valence-electron chi connectivity index (χ0n) is 6.64. The van der Waals surface area contributed by atoms with Gasteiger partial charge in [0.15, 0.2) is 0 Å². The van der Waals surface area contributed by atoms with Gasteiger partial charge in [-0.2, -0.15) is 0 Å². The molecule has 0 aromatic heterocycles. The largest absolute Gasteiger partial charge is 0.488 e. The van der Waals surface area contributed by atoms with E-state index in [0.717, 1.165) is 4.90 Å². The molecule has 0 fully saturated rings. The van der Waals surface area contributed by atoms with E-state index in [0.29, 0.717) is 5.46 Å². The van der Waals surface area contributed by atoms with Crippen LogP contribution in [0.1, 0.15) is 0 Å². The molecule has 63 valence electrons. The number of thioether (sulfide) groups is 1. The van der Waals surface area contributed by atoms with Gasteiger partial charge in [0.2, 0.25) is 0 Å². The first kappa shape index (κ1) is 11.5.